The number of nitrogens with zero attached hydrogens (tertiary/aromatic N) is 1. The van der Waals surface area contributed by atoms with Crippen LogP contribution in [0.2, 0.25) is 0 Å². The molecule has 1 aliphatic heterocycles. The van der Waals surface area contributed by atoms with Crippen molar-refractivity contribution in [2.45, 2.75) is 45.3 Å². The summed E-state index contributed by atoms with van der Waals surface area (Å²) < 4.78 is 5.41. The Hall–Kier alpha value is -1.35. The Morgan fingerprint density at radius 3 is 2.74 bits per heavy atom. The second-order valence-corrected chi connectivity index (χ2v) is 5.31. The van der Waals surface area contributed by atoms with Gasteiger partial charge in [0.05, 0.1) is 0 Å². The average molecular weight is 261 g/mol. The van der Waals surface area contributed by atoms with Crippen LogP contribution in [0.25, 0.3) is 0 Å². The SMILES string of the molecule is CC(=O)O[C@H]1CCCCN([C@H](C)c2ccccc2)C1. The fourth-order valence-corrected chi connectivity index (χ4v) is 2.76. The van der Waals surface area contributed by atoms with Crippen LogP contribution in [0.3, 0.4) is 0 Å². The van der Waals surface area contributed by atoms with Crippen molar-refractivity contribution in [3.8, 4) is 0 Å². The van der Waals surface area contributed by atoms with E-state index in [-0.39, 0.29) is 12.1 Å². The summed E-state index contributed by atoms with van der Waals surface area (Å²) in [5.41, 5.74) is 1.32. The largest absolute Gasteiger partial charge is 0.461 e. The topological polar surface area (TPSA) is 29.5 Å². The molecule has 19 heavy (non-hydrogen) atoms. The van der Waals surface area contributed by atoms with E-state index in [1.54, 1.807) is 0 Å². The number of carbonyl (C=O) groups is 1. The van der Waals surface area contributed by atoms with E-state index in [0.29, 0.717) is 6.04 Å². The molecule has 3 nitrogen and oxygen atoms in total. The summed E-state index contributed by atoms with van der Waals surface area (Å²) in [7, 11) is 0. The smallest absolute Gasteiger partial charge is 0.302 e. The van der Waals surface area contributed by atoms with Gasteiger partial charge in [0.2, 0.25) is 0 Å². The molecule has 0 saturated carbocycles. The monoisotopic (exact) mass is 261 g/mol. The number of rotatable bonds is 3. The first-order chi connectivity index (χ1) is 9.16. The first kappa shape index (κ1) is 14.1. The molecule has 1 aromatic rings. The van der Waals surface area contributed by atoms with Crippen LogP contribution < -0.4 is 0 Å². The fraction of sp³-hybridized carbons (Fsp3) is 0.562. The van der Waals surface area contributed by atoms with Crippen LogP contribution in [0.1, 0.15) is 44.7 Å². The van der Waals surface area contributed by atoms with Gasteiger partial charge in [0.15, 0.2) is 0 Å². The van der Waals surface area contributed by atoms with Crippen LogP contribution in [-0.2, 0) is 9.53 Å². The molecule has 1 heterocycles. The second kappa shape index (κ2) is 6.71. The minimum Gasteiger partial charge on any atom is -0.461 e. The molecular weight excluding hydrogens is 238 g/mol. The number of carbonyl (C=O) groups excluding carboxylic acids is 1. The quantitative estimate of drug-likeness (QED) is 0.783. The van der Waals surface area contributed by atoms with Gasteiger partial charge in [-0.05, 0) is 38.3 Å². The van der Waals surface area contributed by atoms with Crippen molar-refractivity contribution >= 4 is 5.97 Å². The van der Waals surface area contributed by atoms with Crippen molar-refractivity contribution in [2.24, 2.45) is 0 Å². The highest BCUT2D eigenvalue weighted by molar-refractivity contribution is 5.66. The number of hydrogen-bond acceptors (Lipinski definition) is 3. The second-order valence-electron chi connectivity index (χ2n) is 5.31. The van der Waals surface area contributed by atoms with Crippen LogP contribution in [0.15, 0.2) is 30.3 Å². The van der Waals surface area contributed by atoms with Crippen molar-refractivity contribution in [3.05, 3.63) is 35.9 Å². The minimum absolute atomic E-state index is 0.0474. The van der Waals surface area contributed by atoms with Gasteiger partial charge >= 0.3 is 5.97 Å². The molecule has 0 N–H and O–H groups in total. The molecule has 2 atom stereocenters. The lowest BCUT2D eigenvalue weighted by Crippen LogP contribution is -2.35. The van der Waals surface area contributed by atoms with Gasteiger partial charge in [0.25, 0.3) is 0 Å². The lowest BCUT2D eigenvalue weighted by Gasteiger charge is -2.30. The summed E-state index contributed by atoms with van der Waals surface area (Å²) in [5, 5.41) is 0. The summed E-state index contributed by atoms with van der Waals surface area (Å²) in [6.07, 6.45) is 3.34. The minimum atomic E-state index is -0.167. The molecule has 104 valence electrons. The standard InChI is InChI=1S/C16H23NO2/c1-13(15-8-4-3-5-9-15)17-11-7-6-10-16(12-17)19-14(2)18/h3-5,8-9,13,16H,6-7,10-12H2,1-2H3/t13-,16+/m1/s1. The Balaban J connectivity index is 2.03. The summed E-state index contributed by atoms with van der Waals surface area (Å²) >= 11 is 0. The molecule has 0 radical (unpaired) electrons. The number of hydrogen-bond donors (Lipinski definition) is 0. The number of benzene rings is 1. The van der Waals surface area contributed by atoms with E-state index in [9.17, 15) is 4.79 Å². The Morgan fingerprint density at radius 2 is 2.05 bits per heavy atom. The Labute approximate surface area is 115 Å². The van der Waals surface area contributed by atoms with Gasteiger partial charge in [0, 0.05) is 19.5 Å². The third-order valence-electron chi connectivity index (χ3n) is 3.82. The highest BCUT2D eigenvalue weighted by Gasteiger charge is 2.24. The molecule has 1 fully saturated rings. The number of likely N-dealkylation sites (tertiary alicyclic amines) is 1. The lowest BCUT2D eigenvalue weighted by atomic mass is 10.1. The van der Waals surface area contributed by atoms with Crippen LogP contribution in [0, 0.1) is 0 Å². The van der Waals surface area contributed by atoms with Crippen molar-refractivity contribution in [2.75, 3.05) is 13.1 Å². The predicted molar refractivity (Wildman–Crippen MR) is 75.8 cm³/mol. The van der Waals surface area contributed by atoms with E-state index in [1.165, 1.54) is 18.9 Å². The molecule has 0 unspecified atom stereocenters. The van der Waals surface area contributed by atoms with E-state index in [4.69, 9.17) is 4.74 Å². The molecule has 0 amide bonds. The van der Waals surface area contributed by atoms with Crippen LogP contribution in [0.4, 0.5) is 0 Å². The Morgan fingerprint density at radius 1 is 1.32 bits per heavy atom. The van der Waals surface area contributed by atoms with Crippen LogP contribution in [0.5, 0.6) is 0 Å². The molecule has 1 aliphatic rings. The van der Waals surface area contributed by atoms with Gasteiger partial charge in [-0.25, -0.2) is 0 Å². The zero-order valence-corrected chi connectivity index (χ0v) is 11.8. The number of ether oxygens (including phenoxy) is 1. The molecule has 0 aliphatic carbocycles. The van der Waals surface area contributed by atoms with E-state index in [2.05, 4.69) is 36.1 Å². The molecule has 1 saturated heterocycles. The normalized spacial score (nSPS) is 22.5. The van der Waals surface area contributed by atoms with Crippen molar-refractivity contribution in [3.63, 3.8) is 0 Å². The van der Waals surface area contributed by atoms with Crippen molar-refractivity contribution in [1.29, 1.82) is 0 Å². The molecule has 0 bridgehead atoms. The molecule has 2 rings (SSSR count). The first-order valence-corrected chi connectivity index (χ1v) is 7.13. The van der Waals surface area contributed by atoms with E-state index in [0.717, 1.165) is 25.9 Å². The summed E-state index contributed by atoms with van der Waals surface area (Å²) in [6.45, 7) is 5.64. The van der Waals surface area contributed by atoms with E-state index >= 15 is 0 Å². The van der Waals surface area contributed by atoms with Crippen LogP contribution >= 0.6 is 0 Å². The number of esters is 1. The lowest BCUT2D eigenvalue weighted by molar-refractivity contribution is -0.147. The molecular formula is C16H23NO2. The maximum absolute atomic E-state index is 11.1. The maximum atomic E-state index is 11.1. The van der Waals surface area contributed by atoms with E-state index < -0.39 is 0 Å². The highest BCUT2D eigenvalue weighted by Crippen LogP contribution is 2.24. The van der Waals surface area contributed by atoms with Gasteiger partial charge in [-0.3, -0.25) is 9.69 Å². The molecule has 0 aromatic heterocycles. The Bertz CT molecular complexity index is 404. The van der Waals surface area contributed by atoms with Crippen molar-refractivity contribution in [1.82, 2.24) is 4.90 Å². The van der Waals surface area contributed by atoms with Gasteiger partial charge in [-0.15, -0.1) is 0 Å². The highest BCUT2D eigenvalue weighted by atomic mass is 16.5. The zero-order valence-electron chi connectivity index (χ0n) is 11.8. The summed E-state index contributed by atoms with van der Waals surface area (Å²) in [5.74, 6) is -0.167. The van der Waals surface area contributed by atoms with Gasteiger partial charge in [-0.1, -0.05) is 30.3 Å². The third-order valence-corrected chi connectivity index (χ3v) is 3.82. The van der Waals surface area contributed by atoms with Gasteiger partial charge in [-0.2, -0.15) is 0 Å². The molecule has 0 spiro atoms. The Kier molecular flexibility index (Phi) is 4.97. The molecule has 3 heteroatoms. The van der Waals surface area contributed by atoms with Crippen molar-refractivity contribution < 1.29 is 9.53 Å². The summed E-state index contributed by atoms with van der Waals surface area (Å²) in [6, 6.07) is 10.9. The third kappa shape index (κ3) is 4.06. The first-order valence-electron chi connectivity index (χ1n) is 7.13. The van der Waals surface area contributed by atoms with Gasteiger partial charge < -0.3 is 4.74 Å². The predicted octanol–water partition coefficient (Wildman–Crippen LogP) is 3.17. The fourth-order valence-electron chi connectivity index (χ4n) is 2.76. The van der Waals surface area contributed by atoms with E-state index in [1.807, 2.05) is 6.07 Å². The maximum Gasteiger partial charge on any atom is 0.302 e. The van der Waals surface area contributed by atoms with Crippen LogP contribution in [-0.4, -0.2) is 30.1 Å². The average Bonchev–Trinajstić information content (AvgIpc) is 2.64. The zero-order chi connectivity index (χ0) is 13.7. The summed E-state index contributed by atoms with van der Waals surface area (Å²) in [4.78, 5) is 13.6. The molecule has 1 aromatic carbocycles. The van der Waals surface area contributed by atoms with Gasteiger partial charge in [0.1, 0.15) is 6.10 Å².